The van der Waals surface area contributed by atoms with Crippen LogP contribution in [0.1, 0.15) is 24.0 Å². The minimum Gasteiger partial charge on any atom is -0.768 e. The van der Waals surface area contributed by atoms with E-state index in [1.807, 2.05) is 25.1 Å². The minimum absolute atomic E-state index is 0.198. The summed E-state index contributed by atoms with van der Waals surface area (Å²) in [5.74, 6) is 2.06. The second-order valence-corrected chi connectivity index (χ2v) is 8.63. The number of aromatic nitrogens is 2. The minimum atomic E-state index is -2.34. The smallest absolute Gasteiger partial charge is 0.159 e. The van der Waals surface area contributed by atoms with E-state index in [2.05, 4.69) is 20.4 Å². The second kappa shape index (κ2) is 9.17. The van der Waals surface area contributed by atoms with E-state index in [1.54, 1.807) is 25.3 Å². The highest BCUT2D eigenvalue weighted by Crippen LogP contribution is 2.32. The SMILES string of the molecule is COc1ccc(CNc2nnc(N3CCC(O)CC3)c3ccc(S(=O)[O-])cc23)cc1C. The summed E-state index contributed by atoms with van der Waals surface area (Å²) in [5.41, 5.74) is 2.08. The summed E-state index contributed by atoms with van der Waals surface area (Å²) >= 11 is -2.34. The number of rotatable bonds is 6. The molecule has 1 aliphatic heterocycles. The molecular weight excluding hydrogens is 416 g/mol. The molecule has 1 fully saturated rings. The third kappa shape index (κ3) is 4.63. The lowest BCUT2D eigenvalue weighted by atomic mass is 10.1. The lowest BCUT2D eigenvalue weighted by Crippen LogP contribution is -2.36. The van der Waals surface area contributed by atoms with E-state index in [1.165, 1.54) is 0 Å². The number of nitrogens with one attached hydrogen (secondary N) is 1. The molecular formula is C22H25N4O4S-. The highest BCUT2D eigenvalue weighted by atomic mass is 32.2. The molecule has 9 heteroatoms. The Labute approximate surface area is 183 Å². The Kier molecular flexibility index (Phi) is 6.35. The van der Waals surface area contributed by atoms with Gasteiger partial charge in [-0.3, -0.25) is 4.21 Å². The Hall–Kier alpha value is -2.75. The lowest BCUT2D eigenvalue weighted by molar-refractivity contribution is 0.145. The molecule has 31 heavy (non-hydrogen) atoms. The molecule has 2 aromatic carbocycles. The van der Waals surface area contributed by atoms with Gasteiger partial charge < -0.3 is 24.6 Å². The van der Waals surface area contributed by atoms with Crippen molar-refractivity contribution < 1.29 is 18.6 Å². The number of benzene rings is 2. The highest BCUT2D eigenvalue weighted by Gasteiger charge is 2.21. The van der Waals surface area contributed by atoms with Gasteiger partial charge in [-0.15, -0.1) is 10.2 Å². The number of fused-ring (bicyclic) bond motifs is 1. The highest BCUT2D eigenvalue weighted by molar-refractivity contribution is 7.79. The maximum atomic E-state index is 11.5. The normalized spacial score (nSPS) is 15.8. The van der Waals surface area contributed by atoms with E-state index < -0.39 is 11.1 Å². The molecule has 0 radical (unpaired) electrons. The van der Waals surface area contributed by atoms with Gasteiger partial charge in [0.25, 0.3) is 0 Å². The number of methoxy groups -OCH3 is 1. The molecule has 3 aromatic rings. The van der Waals surface area contributed by atoms with Crippen molar-refractivity contribution in [1.82, 2.24) is 10.2 Å². The molecule has 2 N–H and O–H groups in total. The first-order valence-electron chi connectivity index (χ1n) is 10.2. The van der Waals surface area contributed by atoms with Crippen LogP contribution in [0.2, 0.25) is 0 Å². The first kappa shape index (κ1) is 21.5. The van der Waals surface area contributed by atoms with Gasteiger partial charge in [0.1, 0.15) is 5.75 Å². The summed E-state index contributed by atoms with van der Waals surface area (Å²) in [7, 11) is 1.64. The summed E-state index contributed by atoms with van der Waals surface area (Å²) < 4.78 is 28.4. The molecule has 0 spiro atoms. The molecule has 164 valence electrons. The van der Waals surface area contributed by atoms with E-state index in [-0.39, 0.29) is 11.0 Å². The quantitative estimate of drug-likeness (QED) is 0.562. The van der Waals surface area contributed by atoms with Crippen LogP contribution in [0, 0.1) is 6.92 Å². The Morgan fingerprint density at radius 3 is 2.65 bits per heavy atom. The summed E-state index contributed by atoms with van der Waals surface area (Å²) in [6, 6.07) is 10.9. The van der Waals surface area contributed by atoms with Crippen molar-refractivity contribution in [3.63, 3.8) is 0 Å². The number of anilines is 2. The van der Waals surface area contributed by atoms with Crippen molar-refractivity contribution in [2.24, 2.45) is 0 Å². The number of ether oxygens (including phenoxy) is 1. The molecule has 0 bridgehead atoms. The van der Waals surface area contributed by atoms with Crippen molar-refractivity contribution in [2.75, 3.05) is 30.4 Å². The number of hydrogen-bond acceptors (Lipinski definition) is 8. The van der Waals surface area contributed by atoms with Crippen LogP contribution in [0.4, 0.5) is 11.6 Å². The van der Waals surface area contributed by atoms with Crippen LogP contribution in [-0.4, -0.2) is 50.4 Å². The van der Waals surface area contributed by atoms with Crippen molar-refractivity contribution in [3.8, 4) is 5.75 Å². The second-order valence-electron chi connectivity index (χ2n) is 7.69. The Morgan fingerprint density at radius 2 is 1.97 bits per heavy atom. The number of piperidine rings is 1. The van der Waals surface area contributed by atoms with Crippen LogP contribution in [-0.2, 0) is 17.6 Å². The van der Waals surface area contributed by atoms with Crippen LogP contribution in [0.25, 0.3) is 10.8 Å². The van der Waals surface area contributed by atoms with E-state index in [4.69, 9.17) is 4.74 Å². The molecule has 1 unspecified atom stereocenters. The Balaban J connectivity index is 1.67. The van der Waals surface area contributed by atoms with E-state index in [0.29, 0.717) is 49.5 Å². The number of aryl methyl sites for hydroxylation is 1. The summed E-state index contributed by atoms with van der Waals surface area (Å²) in [4.78, 5) is 2.29. The predicted octanol–water partition coefficient (Wildman–Crippen LogP) is 2.76. The zero-order chi connectivity index (χ0) is 22.0. The van der Waals surface area contributed by atoms with Crippen LogP contribution in [0.5, 0.6) is 5.75 Å². The first-order chi connectivity index (χ1) is 15.0. The number of aliphatic hydroxyl groups excluding tert-OH is 1. The predicted molar refractivity (Wildman–Crippen MR) is 119 cm³/mol. The molecule has 2 heterocycles. The van der Waals surface area contributed by atoms with Crippen molar-refractivity contribution in [1.29, 1.82) is 0 Å². The molecule has 0 amide bonds. The zero-order valence-corrected chi connectivity index (χ0v) is 18.3. The molecule has 1 aromatic heterocycles. The lowest BCUT2D eigenvalue weighted by Gasteiger charge is -2.31. The fraction of sp³-hybridized carbons (Fsp3) is 0.364. The molecule has 0 saturated carbocycles. The van der Waals surface area contributed by atoms with Gasteiger partial charge in [0.15, 0.2) is 11.6 Å². The van der Waals surface area contributed by atoms with Crippen molar-refractivity contribution >= 4 is 33.5 Å². The van der Waals surface area contributed by atoms with Gasteiger partial charge >= 0.3 is 0 Å². The Bertz CT molecular complexity index is 1120. The van der Waals surface area contributed by atoms with Crippen LogP contribution in [0.15, 0.2) is 41.3 Å². The van der Waals surface area contributed by atoms with Gasteiger partial charge in [0.2, 0.25) is 0 Å². The van der Waals surface area contributed by atoms with Gasteiger partial charge in [0.05, 0.1) is 13.2 Å². The maximum Gasteiger partial charge on any atom is 0.159 e. The van der Waals surface area contributed by atoms with Crippen LogP contribution < -0.4 is 15.0 Å². The first-order valence-corrected chi connectivity index (χ1v) is 11.2. The van der Waals surface area contributed by atoms with Gasteiger partial charge in [0, 0.05) is 35.3 Å². The summed E-state index contributed by atoms with van der Waals surface area (Å²) in [6.45, 7) is 3.85. The molecule has 4 rings (SSSR count). The topological polar surface area (TPSA) is 111 Å². The van der Waals surface area contributed by atoms with E-state index >= 15 is 0 Å². The van der Waals surface area contributed by atoms with E-state index in [9.17, 15) is 13.9 Å². The third-order valence-corrected chi connectivity index (χ3v) is 6.25. The van der Waals surface area contributed by atoms with E-state index in [0.717, 1.165) is 22.3 Å². The monoisotopic (exact) mass is 441 g/mol. The third-order valence-electron chi connectivity index (χ3n) is 5.61. The van der Waals surface area contributed by atoms with Crippen molar-refractivity contribution in [2.45, 2.75) is 37.3 Å². The van der Waals surface area contributed by atoms with Gasteiger partial charge in [-0.25, -0.2) is 0 Å². The summed E-state index contributed by atoms with van der Waals surface area (Å²) in [6.07, 6.45) is 1.05. The Morgan fingerprint density at radius 1 is 1.19 bits per heavy atom. The molecule has 1 atom stereocenters. The molecule has 1 saturated heterocycles. The molecule has 8 nitrogen and oxygen atoms in total. The average Bonchev–Trinajstić information content (AvgIpc) is 2.77. The fourth-order valence-corrected chi connectivity index (χ4v) is 4.29. The number of hydrogen-bond donors (Lipinski definition) is 2. The fourth-order valence-electron chi connectivity index (χ4n) is 3.90. The number of aliphatic hydroxyl groups is 1. The average molecular weight is 442 g/mol. The van der Waals surface area contributed by atoms with Gasteiger partial charge in [-0.05, 0) is 66.2 Å². The zero-order valence-electron chi connectivity index (χ0n) is 17.5. The largest absolute Gasteiger partial charge is 0.768 e. The number of nitrogens with zero attached hydrogens (tertiary/aromatic N) is 3. The van der Waals surface area contributed by atoms with Crippen molar-refractivity contribution in [3.05, 3.63) is 47.5 Å². The maximum absolute atomic E-state index is 11.5. The van der Waals surface area contributed by atoms with Gasteiger partial charge in [-0.1, -0.05) is 12.1 Å². The van der Waals surface area contributed by atoms with Crippen LogP contribution in [0.3, 0.4) is 0 Å². The molecule has 0 aliphatic carbocycles. The van der Waals surface area contributed by atoms with Crippen LogP contribution >= 0.6 is 0 Å². The van der Waals surface area contributed by atoms with Gasteiger partial charge in [-0.2, -0.15) is 0 Å². The standard InChI is InChI=1S/C22H26N4O4S/c1-14-11-15(3-6-20(14)30-2)13-23-21-19-12-17(31(28)29)4-5-18(19)22(25-24-21)26-9-7-16(27)8-10-26/h3-6,11-12,16,27H,7-10,13H2,1-2H3,(H,23,24)(H,28,29)/p-1. The molecule has 1 aliphatic rings. The summed E-state index contributed by atoms with van der Waals surface area (Å²) in [5, 5.41) is 23.5.